The summed E-state index contributed by atoms with van der Waals surface area (Å²) in [7, 11) is 0. The first-order chi connectivity index (χ1) is 16.3. The minimum absolute atomic E-state index is 0.0523. The molecule has 0 aromatic carbocycles. The minimum atomic E-state index is -0.0525. The van der Waals surface area contributed by atoms with Gasteiger partial charge in [0, 0.05) is 13.2 Å². The molecule has 0 amide bonds. The lowest BCUT2D eigenvalue weighted by Gasteiger charge is -2.16. The van der Waals surface area contributed by atoms with Crippen molar-refractivity contribution >= 4 is 5.97 Å². The monoisotopic (exact) mass is 474 g/mol. The summed E-state index contributed by atoms with van der Waals surface area (Å²) in [6.45, 7) is 12.0. The maximum atomic E-state index is 12.4. The molecule has 0 aromatic heterocycles. The summed E-state index contributed by atoms with van der Waals surface area (Å²) in [6, 6.07) is 0. The fourth-order valence-corrected chi connectivity index (χ4v) is 3.45. The molecular formula is C27H54O6. The Labute approximate surface area is 204 Å². The van der Waals surface area contributed by atoms with Crippen LogP contribution in [0.25, 0.3) is 0 Å². The molecule has 0 aliphatic heterocycles. The smallest absolute Gasteiger partial charge is 0.309 e. The van der Waals surface area contributed by atoms with E-state index in [1.807, 2.05) is 0 Å². The van der Waals surface area contributed by atoms with Gasteiger partial charge in [-0.3, -0.25) is 4.79 Å². The van der Waals surface area contributed by atoms with E-state index in [2.05, 4.69) is 20.8 Å². The van der Waals surface area contributed by atoms with E-state index in [4.69, 9.17) is 23.7 Å². The Morgan fingerprint density at radius 3 is 1.55 bits per heavy atom. The van der Waals surface area contributed by atoms with E-state index in [0.717, 1.165) is 51.6 Å². The van der Waals surface area contributed by atoms with Gasteiger partial charge in [-0.25, -0.2) is 0 Å². The van der Waals surface area contributed by atoms with Gasteiger partial charge in [-0.2, -0.15) is 0 Å². The van der Waals surface area contributed by atoms with Gasteiger partial charge in [0.15, 0.2) is 0 Å². The van der Waals surface area contributed by atoms with Gasteiger partial charge in [0.1, 0.15) is 0 Å². The van der Waals surface area contributed by atoms with Gasteiger partial charge in [-0.1, -0.05) is 78.6 Å². The van der Waals surface area contributed by atoms with E-state index < -0.39 is 0 Å². The highest BCUT2D eigenvalue weighted by atomic mass is 16.6. The Bertz CT molecular complexity index is 391. The Morgan fingerprint density at radius 2 is 0.939 bits per heavy atom. The third-order valence-electron chi connectivity index (χ3n) is 5.60. The third kappa shape index (κ3) is 24.2. The van der Waals surface area contributed by atoms with Crippen molar-refractivity contribution in [2.45, 2.75) is 104 Å². The second-order valence-electron chi connectivity index (χ2n) is 8.72. The lowest BCUT2D eigenvalue weighted by Crippen LogP contribution is -2.21. The maximum absolute atomic E-state index is 12.4. The first kappa shape index (κ1) is 32.3. The molecule has 0 bridgehead atoms. The van der Waals surface area contributed by atoms with Crippen LogP contribution in [0.4, 0.5) is 0 Å². The molecule has 0 spiro atoms. The summed E-state index contributed by atoms with van der Waals surface area (Å²) < 4.78 is 27.7. The van der Waals surface area contributed by atoms with Crippen LogP contribution in [0.5, 0.6) is 0 Å². The van der Waals surface area contributed by atoms with E-state index in [0.29, 0.717) is 52.9 Å². The molecule has 0 rings (SSSR count). The standard InChI is InChI=1S/C27H54O6/c1-4-7-10-11-12-14-18-33-27(28)26(15-9-6-3)16-19-30-21-23-32-25-24-31-22-20-29-17-13-8-5-2/h26H,4-25H2,1-3H3. The summed E-state index contributed by atoms with van der Waals surface area (Å²) in [5.74, 6) is -0.105. The summed E-state index contributed by atoms with van der Waals surface area (Å²) in [6.07, 6.45) is 14.5. The highest BCUT2D eigenvalue weighted by Crippen LogP contribution is 2.16. The van der Waals surface area contributed by atoms with Crippen LogP contribution in [0, 0.1) is 5.92 Å². The van der Waals surface area contributed by atoms with E-state index in [9.17, 15) is 4.79 Å². The van der Waals surface area contributed by atoms with Gasteiger partial charge in [-0.05, 0) is 25.7 Å². The predicted molar refractivity (Wildman–Crippen MR) is 135 cm³/mol. The quantitative estimate of drug-likeness (QED) is 0.102. The molecule has 0 saturated carbocycles. The van der Waals surface area contributed by atoms with Crippen molar-refractivity contribution in [3.8, 4) is 0 Å². The van der Waals surface area contributed by atoms with E-state index in [1.54, 1.807) is 0 Å². The molecule has 0 aliphatic carbocycles. The molecule has 0 heterocycles. The van der Waals surface area contributed by atoms with Gasteiger partial charge in [0.25, 0.3) is 0 Å². The first-order valence-corrected chi connectivity index (χ1v) is 13.7. The second-order valence-corrected chi connectivity index (χ2v) is 8.72. The topological polar surface area (TPSA) is 63.2 Å². The molecule has 1 unspecified atom stereocenters. The number of unbranched alkanes of at least 4 members (excludes halogenated alkanes) is 8. The summed E-state index contributed by atoms with van der Waals surface area (Å²) in [4.78, 5) is 12.4. The van der Waals surface area contributed by atoms with Gasteiger partial charge >= 0.3 is 5.97 Å². The molecule has 6 heteroatoms. The molecule has 0 aliphatic rings. The molecular weight excluding hydrogens is 420 g/mol. The number of hydrogen-bond acceptors (Lipinski definition) is 6. The lowest BCUT2D eigenvalue weighted by atomic mass is 9.99. The second kappa shape index (κ2) is 27.6. The molecule has 33 heavy (non-hydrogen) atoms. The molecule has 0 radical (unpaired) electrons. The van der Waals surface area contributed by atoms with Crippen LogP contribution in [-0.4, -0.2) is 65.4 Å². The van der Waals surface area contributed by atoms with Crippen LogP contribution in [0.2, 0.25) is 0 Å². The molecule has 0 saturated heterocycles. The molecule has 0 aromatic rings. The van der Waals surface area contributed by atoms with Crippen molar-refractivity contribution in [3.05, 3.63) is 0 Å². The Balaban J connectivity index is 3.61. The van der Waals surface area contributed by atoms with Crippen LogP contribution in [0.15, 0.2) is 0 Å². The number of carbonyl (C=O) groups is 1. The Morgan fingerprint density at radius 1 is 0.485 bits per heavy atom. The van der Waals surface area contributed by atoms with E-state index in [1.165, 1.54) is 38.5 Å². The van der Waals surface area contributed by atoms with Gasteiger partial charge in [-0.15, -0.1) is 0 Å². The summed E-state index contributed by atoms with van der Waals surface area (Å²) in [5, 5.41) is 0. The zero-order valence-electron chi connectivity index (χ0n) is 22.1. The fourth-order valence-electron chi connectivity index (χ4n) is 3.45. The van der Waals surface area contributed by atoms with E-state index in [-0.39, 0.29) is 11.9 Å². The molecule has 6 nitrogen and oxygen atoms in total. The lowest BCUT2D eigenvalue weighted by molar-refractivity contribution is -0.149. The Hall–Kier alpha value is -0.690. The van der Waals surface area contributed by atoms with Crippen LogP contribution < -0.4 is 0 Å². The number of rotatable bonds is 27. The molecule has 198 valence electrons. The van der Waals surface area contributed by atoms with Gasteiger partial charge in [0.05, 0.1) is 52.2 Å². The molecule has 1 atom stereocenters. The average Bonchev–Trinajstić information content (AvgIpc) is 2.82. The van der Waals surface area contributed by atoms with Crippen molar-refractivity contribution in [1.29, 1.82) is 0 Å². The number of hydrogen-bond donors (Lipinski definition) is 0. The van der Waals surface area contributed by atoms with Gasteiger partial charge < -0.3 is 23.7 Å². The van der Waals surface area contributed by atoms with Crippen molar-refractivity contribution in [1.82, 2.24) is 0 Å². The zero-order chi connectivity index (χ0) is 24.2. The number of ether oxygens (including phenoxy) is 5. The van der Waals surface area contributed by atoms with E-state index >= 15 is 0 Å². The minimum Gasteiger partial charge on any atom is -0.465 e. The third-order valence-corrected chi connectivity index (χ3v) is 5.60. The maximum Gasteiger partial charge on any atom is 0.309 e. The summed E-state index contributed by atoms with van der Waals surface area (Å²) >= 11 is 0. The average molecular weight is 475 g/mol. The number of esters is 1. The van der Waals surface area contributed by atoms with Crippen molar-refractivity contribution in [2.75, 3.05) is 59.5 Å². The van der Waals surface area contributed by atoms with Gasteiger partial charge in [0.2, 0.25) is 0 Å². The molecule has 0 fully saturated rings. The van der Waals surface area contributed by atoms with Crippen molar-refractivity contribution in [3.63, 3.8) is 0 Å². The highest BCUT2D eigenvalue weighted by molar-refractivity contribution is 5.72. The van der Waals surface area contributed by atoms with Crippen LogP contribution >= 0.6 is 0 Å². The summed E-state index contributed by atoms with van der Waals surface area (Å²) in [5.41, 5.74) is 0. The van der Waals surface area contributed by atoms with Crippen LogP contribution in [0.1, 0.15) is 104 Å². The SMILES string of the molecule is CCCCCCCCOC(=O)C(CCCC)CCOCCOCCOCCOCCCCC. The number of carbonyl (C=O) groups excluding carboxylic acids is 1. The van der Waals surface area contributed by atoms with Crippen LogP contribution in [0.3, 0.4) is 0 Å². The van der Waals surface area contributed by atoms with Crippen LogP contribution in [-0.2, 0) is 28.5 Å². The first-order valence-electron chi connectivity index (χ1n) is 13.7. The Kier molecular flexibility index (Phi) is 27.0. The fraction of sp³-hybridized carbons (Fsp3) is 0.963. The highest BCUT2D eigenvalue weighted by Gasteiger charge is 2.19. The van der Waals surface area contributed by atoms with Crippen molar-refractivity contribution < 1.29 is 28.5 Å². The van der Waals surface area contributed by atoms with Crippen molar-refractivity contribution in [2.24, 2.45) is 5.92 Å². The normalized spacial score (nSPS) is 12.2. The predicted octanol–water partition coefficient (Wildman–Crippen LogP) is 6.34. The zero-order valence-corrected chi connectivity index (χ0v) is 22.1. The molecule has 0 N–H and O–H groups in total. The largest absolute Gasteiger partial charge is 0.465 e.